The van der Waals surface area contributed by atoms with E-state index in [1.165, 1.54) is 4.90 Å². The highest BCUT2D eigenvalue weighted by Gasteiger charge is 2.70. The lowest BCUT2D eigenvalue weighted by molar-refractivity contribution is -0.123. The van der Waals surface area contributed by atoms with E-state index in [1.54, 1.807) is 43.0 Å². The van der Waals surface area contributed by atoms with Crippen molar-refractivity contribution in [2.45, 2.75) is 36.5 Å². The van der Waals surface area contributed by atoms with Gasteiger partial charge in [0.25, 0.3) is 5.91 Å². The second-order valence-electron chi connectivity index (χ2n) is 13.1. The molecule has 2 N–H and O–H groups in total. The third-order valence-electron chi connectivity index (χ3n) is 10.4. The summed E-state index contributed by atoms with van der Waals surface area (Å²) in [4.78, 5) is 71.4. The Bertz CT molecular complexity index is 2110. The number of fused-ring (bicyclic) bond motifs is 9. The Morgan fingerprint density at radius 3 is 2.48 bits per heavy atom. The summed E-state index contributed by atoms with van der Waals surface area (Å²) < 4.78 is 12.1. The molecule has 0 spiro atoms. The molecular formula is C37H32BrN3O7S2. The molecule has 3 amide bonds. The Hall–Kier alpha value is -4.20. The number of nitrogens with one attached hydrogen (secondary N) is 2. The van der Waals surface area contributed by atoms with Gasteiger partial charge in [0.15, 0.2) is 6.61 Å². The lowest BCUT2D eigenvalue weighted by Crippen LogP contribution is -2.42. The van der Waals surface area contributed by atoms with Crippen molar-refractivity contribution in [3.63, 3.8) is 0 Å². The molecule has 2 saturated carbocycles. The van der Waals surface area contributed by atoms with Gasteiger partial charge in [-0.1, -0.05) is 45.5 Å². The van der Waals surface area contributed by atoms with Gasteiger partial charge in [-0.3, -0.25) is 24.1 Å². The van der Waals surface area contributed by atoms with E-state index in [0.29, 0.717) is 22.7 Å². The van der Waals surface area contributed by atoms with E-state index < -0.39 is 17.8 Å². The normalized spacial score (nSPS) is 26.0. The van der Waals surface area contributed by atoms with Crippen LogP contribution in [0.5, 0.6) is 5.75 Å². The van der Waals surface area contributed by atoms with Gasteiger partial charge in [-0.2, -0.15) is 0 Å². The zero-order valence-corrected chi connectivity index (χ0v) is 30.2. The van der Waals surface area contributed by atoms with Crippen LogP contribution in [0.15, 0.2) is 81.0 Å². The third kappa shape index (κ3) is 5.41. The highest BCUT2D eigenvalue weighted by molar-refractivity contribution is 9.10. The molecule has 3 heterocycles. The summed E-state index contributed by atoms with van der Waals surface area (Å²) in [6.45, 7) is 3.68. The second-order valence-corrected chi connectivity index (χ2v) is 16.2. The smallest absolute Gasteiger partial charge is 0.338 e. The molecule has 3 fully saturated rings. The summed E-state index contributed by atoms with van der Waals surface area (Å²) in [5.74, 6) is -2.23. The van der Waals surface area contributed by atoms with Crippen molar-refractivity contribution in [3.8, 4) is 5.75 Å². The van der Waals surface area contributed by atoms with Crippen molar-refractivity contribution in [2.24, 2.45) is 29.6 Å². The maximum Gasteiger partial charge on any atom is 0.338 e. The molecular weight excluding hydrogens is 742 g/mol. The number of para-hydroxylation sites is 1. The van der Waals surface area contributed by atoms with E-state index in [2.05, 4.69) is 26.2 Å². The zero-order chi connectivity index (χ0) is 34.8. The number of aromatic nitrogens is 1. The number of carbonyl (C=O) groups excluding carboxylic acids is 4. The minimum absolute atomic E-state index is 0.0249. The number of nitrogens with zero attached hydrogens (tertiary/aromatic N) is 1. The molecule has 8 rings (SSSR count). The standard InChI is InChI=1S/C37H32BrN3O7S2/c1-3-47-36(45)18-8-11-20(12-9-18)41-34(43)29-22-15-23(30(29)35(41)44)31-28(22)27(32-33(49-31)40-37(46)50-32)21-14-19(38)10-13-25(21)48-16-26(42)39-24-7-5-4-6-17(24)2/h4-14,22-23,27-31H,3,15-16H2,1-2H3,(H,39,42)(H,40,46)/t22-,23-,27+,28-,29+,30+,31-/m1/s1. The van der Waals surface area contributed by atoms with Crippen molar-refractivity contribution in [1.29, 1.82) is 0 Å². The molecule has 2 aliphatic carbocycles. The average Bonchev–Trinajstić information content (AvgIpc) is 3.84. The van der Waals surface area contributed by atoms with Gasteiger partial charge in [-0.25, -0.2) is 4.79 Å². The molecule has 2 bridgehead atoms. The number of benzene rings is 3. The maximum atomic E-state index is 14.2. The summed E-state index contributed by atoms with van der Waals surface area (Å²) >= 11 is 6.40. The number of carbonyl (C=O) groups is 4. The Morgan fingerprint density at radius 1 is 1.00 bits per heavy atom. The van der Waals surface area contributed by atoms with Crippen LogP contribution in [-0.2, 0) is 19.1 Å². The van der Waals surface area contributed by atoms with E-state index in [4.69, 9.17) is 9.47 Å². The average molecular weight is 775 g/mol. The number of thioether (sulfide) groups is 1. The van der Waals surface area contributed by atoms with Gasteiger partial charge in [0.05, 0.1) is 34.7 Å². The van der Waals surface area contributed by atoms with Crippen LogP contribution < -0.4 is 19.8 Å². The van der Waals surface area contributed by atoms with Crippen LogP contribution in [0.2, 0.25) is 0 Å². The SMILES string of the molecule is CCOC(=O)c1ccc(N2C(=O)[C@H]3[C@H]4C[C@@H]([C@@H]3C2=O)[C@@H]2[C@H](c3cc(Br)ccc3OCC(=O)Nc3ccccc3C)c3sc(=O)[nH]c3S[C@H]42)cc1. The lowest BCUT2D eigenvalue weighted by atomic mass is 9.68. The van der Waals surface area contributed by atoms with E-state index in [-0.39, 0.29) is 64.7 Å². The topological polar surface area (TPSA) is 135 Å². The first-order valence-corrected chi connectivity index (χ1v) is 19.0. The van der Waals surface area contributed by atoms with Crippen molar-refractivity contribution >= 4 is 74.1 Å². The predicted octanol–water partition coefficient (Wildman–Crippen LogP) is 6.38. The highest BCUT2D eigenvalue weighted by atomic mass is 79.9. The summed E-state index contributed by atoms with van der Waals surface area (Å²) in [6.07, 6.45) is 0.726. The molecule has 13 heteroatoms. The molecule has 10 nitrogen and oxygen atoms in total. The molecule has 4 aromatic rings. The van der Waals surface area contributed by atoms with E-state index >= 15 is 0 Å². The van der Waals surface area contributed by atoms with Crippen LogP contribution in [0.3, 0.4) is 0 Å². The summed E-state index contributed by atoms with van der Waals surface area (Å²) in [7, 11) is 0. The van der Waals surface area contributed by atoms with Crippen LogP contribution in [0.4, 0.5) is 11.4 Å². The zero-order valence-electron chi connectivity index (χ0n) is 27.0. The monoisotopic (exact) mass is 773 g/mol. The number of esters is 1. The van der Waals surface area contributed by atoms with E-state index in [9.17, 15) is 24.0 Å². The second kappa shape index (κ2) is 12.8. The van der Waals surface area contributed by atoms with E-state index in [1.807, 2.05) is 49.4 Å². The molecule has 1 aromatic heterocycles. The molecule has 3 aromatic carbocycles. The van der Waals surface area contributed by atoms with Gasteiger partial charge in [0.2, 0.25) is 11.8 Å². The number of hydrogen-bond donors (Lipinski definition) is 2. The van der Waals surface area contributed by atoms with E-state index in [0.717, 1.165) is 43.3 Å². The Labute approximate surface area is 304 Å². The Balaban J connectivity index is 1.11. The van der Waals surface area contributed by atoms with Gasteiger partial charge in [-0.15, -0.1) is 11.8 Å². The number of halogens is 1. The first-order chi connectivity index (χ1) is 24.1. The first-order valence-electron chi connectivity index (χ1n) is 16.5. The number of imide groups is 1. The number of H-pyrrole nitrogens is 1. The van der Waals surface area contributed by atoms with Crippen LogP contribution in [0.1, 0.15) is 45.6 Å². The Morgan fingerprint density at radius 2 is 1.74 bits per heavy atom. The van der Waals surface area contributed by atoms with Crippen molar-refractivity contribution in [2.75, 3.05) is 23.4 Å². The number of rotatable bonds is 8. The molecule has 2 aliphatic heterocycles. The number of aromatic amines is 1. The number of aryl methyl sites for hydroxylation is 1. The molecule has 4 aliphatic rings. The summed E-state index contributed by atoms with van der Waals surface area (Å²) in [5, 5.41) is 3.67. The third-order valence-corrected chi connectivity index (χ3v) is 13.5. The summed E-state index contributed by atoms with van der Waals surface area (Å²) in [5.41, 5.74) is 3.25. The quantitative estimate of drug-likeness (QED) is 0.156. The molecule has 0 unspecified atom stereocenters. The molecule has 1 saturated heterocycles. The molecule has 50 heavy (non-hydrogen) atoms. The van der Waals surface area contributed by atoms with Gasteiger partial charge >= 0.3 is 10.8 Å². The number of anilines is 2. The minimum Gasteiger partial charge on any atom is -0.483 e. The van der Waals surface area contributed by atoms with Crippen molar-refractivity contribution in [1.82, 2.24) is 4.98 Å². The predicted molar refractivity (Wildman–Crippen MR) is 193 cm³/mol. The largest absolute Gasteiger partial charge is 0.483 e. The molecule has 7 atom stereocenters. The van der Waals surface area contributed by atoms with Crippen LogP contribution in [-0.4, -0.2) is 47.1 Å². The number of ether oxygens (including phenoxy) is 2. The fourth-order valence-corrected chi connectivity index (χ4v) is 11.8. The number of thiazole rings is 1. The van der Waals surface area contributed by atoms with Crippen molar-refractivity contribution < 1.29 is 28.7 Å². The number of amides is 3. The van der Waals surface area contributed by atoms with Gasteiger partial charge in [-0.05, 0) is 92.1 Å². The van der Waals surface area contributed by atoms with Crippen LogP contribution in [0.25, 0.3) is 0 Å². The lowest BCUT2D eigenvalue weighted by Gasteiger charge is -2.43. The van der Waals surface area contributed by atoms with Crippen LogP contribution >= 0.6 is 39.0 Å². The first kappa shape index (κ1) is 33.0. The fourth-order valence-electron chi connectivity index (χ4n) is 8.52. The van der Waals surface area contributed by atoms with Gasteiger partial charge in [0, 0.05) is 31.8 Å². The number of hydrogen-bond acceptors (Lipinski definition) is 9. The fraction of sp³-hybridized carbons (Fsp3) is 0.324. The van der Waals surface area contributed by atoms with Crippen molar-refractivity contribution in [3.05, 3.63) is 102 Å². The summed E-state index contributed by atoms with van der Waals surface area (Å²) in [6, 6.07) is 19.6. The van der Waals surface area contributed by atoms with Gasteiger partial charge in [0.1, 0.15) is 5.75 Å². The Kier molecular flexibility index (Phi) is 8.47. The molecule has 0 radical (unpaired) electrons. The van der Waals surface area contributed by atoms with Gasteiger partial charge < -0.3 is 19.8 Å². The molecule has 256 valence electrons. The van der Waals surface area contributed by atoms with Crippen LogP contribution in [0, 0.1) is 36.5 Å². The highest BCUT2D eigenvalue weighted by Crippen LogP contribution is 2.69. The minimum atomic E-state index is -0.504. The maximum absolute atomic E-state index is 14.2.